The molecule has 0 aliphatic rings. The van der Waals surface area contributed by atoms with Crippen molar-refractivity contribution in [3.8, 4) is 0 Å². The van der Waals surface area contributed by atoms with Gasteiger partial charge >= 0.3 is 6.09 Å². The fraction of sp³-hybridized carbons (Fsp3) is 0.100. The molecule has 0 aliphatic heterocycles. The zero-order valence-corrected chi connectivity index (χ0v) is 15.3. The van der Waals surface area contributed by atoms with Crippen LogP contribution in [0.4, 0.5) is 18.0 Å². The largest absolute Gasteiger partial charge is 0.464 e. The molecule has 2 aromatic carbocycles. The van der Waals surface area contributed by atoms with Gasteiger partial charge in [0.2, 0.25) is 0 Å². The first-order chi connectivity index (χ1) is 14.5. The topological polar surface area (TPSA) is 84.1 Å². The van der Waals surface area contributed by atoms with Crippen molar-refractivity contribution < 1.29 is 23.1 Å². The summed E-state index contributed by atoms with van der Waals surface area (Å²) in [7, 11) is 0. The number of nitrogens with zero attached hydrogens (tertiary/aromatic N) is 5. The Balaban J connectivity index is 1.81. The Kier molecular flexibility index (Phi) is 5.05. The van der Waals surface area contributed by atoms with E-state index < -0.39 is 29.1 Å². The fourth-order valence-corrected chi connectivity index (χ4v) is 3.13. The average Bonchev–Trinajstić information content (AvgIpc) is 3.11. The molecule has 2 heterocycles. The van der Waals surface area contributed by atoms with Crippen LogP contribution in [0.15, 0.2) is 55.1 Å². The van der Waals surface area contributed by atoms with Gasteiger partial charge in [0.05, 0.1) is 17.8 Å². The minimum Gasteiger partial charge on any atom is -0.464 e. The zero-order valence-electron chi connectivity index (χ0n) is 15.3. The number of para-hydroxylation sites is 1. The standard InChI is InChI=1S/C20H14F3N5O2/c21-15-5-6-16(22)19(23)14(15)7-17-13-3-1-2-4-18(13)28(26-17)27(20(29)30)10-12-8-24-11-25-9-12/h1-6,8-9,11H,7,10H2,(H,29,30). The molecule has 30 heavy (non-hydrogen) atoms. The second-order valence-corrected chi connectivity index (χ2v) is 6.44. The Morgan fingerprint density at radius 1 is 1.03 bits per heavy atom. The molecule has 1 N–H and O–H groups in total. The normalized spacial score (nSPS) is 11.0. The molecule has 0 radical (unpaired) electrons. The Morgan fingerprint density at radius 2 is 1.73 bits per heavy atom. The highest BCUT2D eigenvalue weighted by atomic mass is 19.2. The van der Waals surface area contributed by atoms with Crippen molar-refractivity contribution >= 4 is 17.0 Å². The van der Waals surface area contributed by atoms with E-state index in [1.807, 2.05) is 0 Å². The maximum Gasteiger partial charge on any atom is 0.428 e. The number of fused-ring (bicyclic) bond motifs is 1. The average molecular weight is 413 g/mol. The van der Waals surface area contributed by atoms with E-state index in [4.69, 9.17) is 0 Å². The number of amides is 1. The maximum absolute atomic E-state index is 14.2. The second kappa shape index (κ2) is 7.82. The van der Waals surface area contributed by atoms with E-state index >= 15 is 0 Å². The molecule has 2 aromatic heterocycles. The molecule has 10 heteroatoms. The van der Waals surface area contributed by atoms with E-state index in [9.17, 15) is 23.1 Å². The van der Waals surface area contributed by atoms with E-state index in [2.05, 4.69) is 15.1 Å². The Bertz CT molecular complexity index is 1230. The SMILES string of the molecule is O=C(O)N(Cc1cncnc1)n1nc(Cc2c(F)ccc(F)c2F)c2ccccc21. The molecule has 152 valence electrons. The summed E-state index contributed by atoms with van der Waals surface area (Å²) in [5, 5.41) is 15.4. The fourth-order valence-electron chi connectivity index (χ4n) is 3.13. The minimum atomic E-state index is -1.30. The first-order valence-corrected chi connectivity index (χ1v) is 8.79. The van der Waals surface area contributed by atoms with Crippen molar-refractivity contribution in [3.05, 3.63) is 89.4 Å². The monoisotopic (exact) mass is 413 g/mol. The second-order valence-electron chi connectivity index (χ2n) is 6.44. The summed E-state index contributed by atoms with van der Waals surface area (Å²) in [5.41, 5.74) is 0.639. The summed E-state index contributed by atoms with van der Waals surface area (Å²) in [5.74, 6) is -3.39. The van der Waals surface area contributed by atoms with Gasteiger partial charge in [0.15, 0.2) is 11.6 Å². The first kappa shape index (κ1) is 19.4. The molecule has 1 amide bonds. The van der Waals surface area contributed by atoms with Gasteiger partial charge in [-0.25, -0.2) is 27.9 Å². The highest BCUT2D eigenvalue weighted by Gasteiger charge is 2.23. The van der Waals surface area contributed by atoms with E-state index in [-0.39, 0.29) is 18.7 Å². The third kappa shape index (κ3) is 3.54. The van der Waals surface area contributed by atoms with Crippen LogP contribution in [0, 0.1) is 17.5 Å². The van der Waals surface area contributed by atoms with Crippen LogP contribution in [0.3, 0.4) is 0 Å². The number of carboxylic acid groups (broad SMARTS) is 1. The zero-order chi connectivity index (χ0) is 21.3. The molecular formula is C20H14F3N5O2. The summed E-state index contributed by atoms with van der Waals surface area (Å²) in [6.07, 6.45) is 2.59. The summed E-state index contributed by atoms with van der Waals surface area (Å²) in [6.45, 7) is -0.107. The predicted molar refractivity (Wildman–Crippen MR) is 101 cm³/mol. The van der Waals surface area contributed by atoms with Crippen molar-refractivity contribution in [2.24, 2.45) is 0 Å². The molecule has 0 fully saturated rings. The molecule has 4 rings (SSSR count). The molecule has 0 bridgehead atoms. The van der Waals surface area contributed by atoms with E-state index in [1.165, 1.54) is 18.7 Å². The van der Waals surface area contributed by atoms with E-state index in [1.54, 1.807) is 24.3 Å². The quantitative estimate of drug-likeness (QED) is 0.505. The lowest BCUT2D eigenvalue weighted by Crippen LogP contribution is -2.39. The van der Waals surface area contributed by atoms with Crippen LogP contribution in [0.25, 0.3) is 10.9 Å². The van der Waals surface area contributed by atoms with Crippen molar-refractivity contribution in [2.75, 3.05) is 5.01 Å². The molecule has 0 unspecified atom stereocenters. The van der Waals surface area contributed by atoms with Gasteiger partial charge in [0.25, 0.3) is 0 Å². The summed E-state index contributed by atoms with van der Waals surface area (Å²) in [4.78, 5) is 20.8. The minimum absolute atomic E-state index is 0.107. The smallest absolute Gasteiger partial charge is 0.428 e. The lowest BCUT2D eigenvalue weighted by atomic mass is 10.1. The van der Waals surface area contributed by atoms with Gasteiger partial charge in [-0.2, -0.15) is 14.9 Å². The van der Waals surface area contributed by atoms with Gasteiger partial charge in [-0.3, -0.25) is 0 Å². The van der Waals surface area contributed by atoms with Crippen LogP contribution < -0.4 is 5.01 Å². The number of aromatic nitrogens is 4. The van der Waals surface area contributed by atoms with Crippen LogP contribution >= 0.6 is 0 Å². The van der Waals surface area contributed by atoms with Gasteiger partial charge in [-0.15, -0.1) is 0 Å². The maximum atomic E-state index is 14.2. The third-order valence-corrected chi connectivity index (χ3v) is 4.52. The summed E-state index contributed by atoms with van der Waals surface area (Å²) in [6, 6.07) is 8.19. The van der Waals surface area contributed by atoms with Crippen LogP contribution in [0.2, 0.25) is 0 Å². The van der Waals surface area contributed by atoms with Gasteiger partial charge < -0.3 is 5.11 Å². The third-order valence-electron chi connectivity index (χ3n) is 4.52. The number of hydrogen-bond donors (Lipinski definition) is 1. The number of carbonyl (C=O) groups is 1. The number of benzene rings is 2. The Labute approximate surface area is 168 Å². The van der Waals surface area contributed by atoms with Crippen molar-refractivity contribution in [1.82, 2.24) is 19.9 Å². The van der Waals surface area contributed by atoms with Crippen LogP contribution in [0.1, 0.15) is 16.8 Å². The van der Waals surface area contributed by atoms with Crippen molar-refractivity contribution in [2.45, 2.75) is 13.0 Å². The summed E-state index contributed by atoms with van der Waals surface area (Å²) >= 11 is 0. The van der Waals surface area contributed by atoms with E-state index in [0.29, 0.717) is 22.5 Å². The van der Waals surface area contributed by atoms with Gasteiger partial charge in [-0.05, 0) is 18.2 Å². The molecule has 0 spiro atoms. The summed E-state index contributed by atoms with van der Waals surface area (Å²) < 4.78 is 41.9. The predicted octanol–water partition coefficient (Wildman–Crippen LogP) is 3.65. The van der Waals surface area contributed by atoms with Crippen molar-refractivity contribution in [3.63, 3.8) is 0 Å². The van der Waals surface area contributed by atoms with Crippen LogP contribution in [-0.2, 0) is 13.0 Å². The number of hydrogen-bond acceptors (Lipinski definition) is 4. The lowest BCUT2D eigenvalue weighted by molar-refractivity contribution is 0.193. The van der Waals surface area contributed by atoms with Crippen LogP contribution in [0.5, 0.6) is 0 Å². The molecular weight excluding hydrogens is 399 g/mol. The molecule has 0 atom stereocenters. The van der Waals surface area contributed by atoms with Gasteiger partial charge in [0.1, 0.15) is 12.1 Å². The number of halogens is 3. The van der Waals surface area contributed by atoms with E-state index in [0.717, 1.165) is 15.9 Å². The molecule has 4 aromatic rings. The van der Waals surface area contributed by atoms with Gasteiger partial charge in [0, 0.05) is 35.3 Å². The molecule has 0 aliphatic carbocycles. The van der Waals surface area contributed by atoms with Crippen LogP contribution in [-0.4, -0.2) is 31.1 Å². The highest BCUT2D eigenvalue weighted by Crippen LogP contribution is 2.25. The van der Waals surface area contributed by atoms with Crippen molar-refractivity contribution in [1.29, 1.82) is 0 Å². The Morgan fingerprint density at radius 3 is 2.47 bits per heavy atom. The lowest BCUT2D eigenvalue weighted by Gasteiger charge is -2.19. The number of rotatable bonds is 5. The first-order valence-electron chi connectivity index (χ1n) is 8.79. The van der Waals surface area contributed by atoms with Gasteiger partial charge in [-0.1, -0.05) is 18.2 Å². The highest BCUT2D eigenvalue weighted by molar-refractivity contribution is 5.85. The Hall–Kier alpha value is -3.95. The molecule has 0 saturated carbocycles. The molecule has 0 saturated heterocycles. The molecule has 7 nitrogen and oxygen atoms in total.